The van der Waals surface area contributed by atoms with Crippen LogP contribution in [0.4, 0.5) is 0 Å². The second-order valence-corrected chi connectivity index (χ2v) is 4.74. The van der Waals surface area contributed by atoms with Crippen molar-refractivity contribution in [2.45, 2.75) is 19.5 Å². The summed E-state index contributed by atoms with van der Waals surface area (Å²) in [5, 5.41) is 21.0. The van der Waals surface area contributed by atoms with Crippen LogP contribution in [0.3, 0.4) is 0 Å². The molecule has 0 aliphatic carbocycles. The zero-order chi connectivity index (χ0) is 13.9. The van der Waals surface area contributed by atoms with Crippen LogP contribution in [0.5, 0.6) is 5.75 Å². The fourth-order valence-corrected chi connectivity index (χ4v) is 2.14. The molecule has 20 heavy (non-hydrogen) atoms. The third-order valence-electron chi connectivity index (χ3n) is 3.34. The van der Waals surface area contributed by atoms with Crippen molar-refractivity contribution in [2.75, 3.05) is 0 Å². The van der Waals surface area contributed by atoms with Crippen LogP contribution in [0.2, 0.25) is 0 Å². The van der Waals surface area contributed by atoms with Crippen LogP contribution in [0.25, 0.3) is 5.65 Å². The van der Waals surface area contributed by atoms with Crippen LogP contribution < -0.4 is 5.32 Å². The fraction of sp³-hybridized carbons (Fsp3) is 0.200. The van der Waals surface area contributed by atoms with E-state index in [-0.39, 0.29) is 11.8 Å². The third-order valence-corrected chi connectivity index (χ3v) is 3.34. The van der Waals surface area contributed by atoms with Crippen molar-refractivity contribution in [3.63, 3.8) is 0 Å². The van der Waals surface area contributed by atoms with Gasteiger partial charge in [-0.15, -0.1) is 10.2 Å². The Morgan fingerprint density at radius 2 is 1.95 bits per heavy atom. The van der Waals surface area contributed by atoms with E-state index in [0.29, 0.717) is 6.54 Å². The maximum absolute atomic E-state index is 9.29. The number of hydrogen-bond donors (Lipinski definition) is 2. The average molecular weight is 268 g/mol. The van der Waals surface area contributed by atoms with Gasteiger partial charge in [-0.3, -0.25) is 4.40 Å². The van der Waals surface area contributed by atoms with E-state index in [2.05, 4.69) is 22.4 Å². The summed E-state index contributed by atoms with van der Waals surface area (Å²) in [6.45, 7) is 2.71. The van der Waals surface area contributed by atoms with Gasteiger partial charge in [-0.1, -0.05) is 18.2 Å². The molecule has 3 rings (SSSR count). The highest BCUT2D eigenvalue weighted by atomic mass is 16.3. The molecule has 0 saturated carbocycles. The van der Waals surface area contributed by atoms with Gasteiger partial charge < -0.3 is 10.4 Å². The van der Waals surface area contributed by atoms with E-state index in [4.69, 9.17) is 0 Å². The highest BCUT2D eigenvalue weighted by molar-refractivity contribution is 5.37. The zero-order valence-corrected chi connectivity index (χ0v) is 11.2. The van der Waals surface area contributed by atoms with Crippen LogP contribution in [0, 0.1) is 0 Å². The first-order valence-corrected chi connectivity index (χ1v) is 6.55. The summed E-state index contributed by atoms with van der Waals surface area (Å²) >= 11 is 0. The minimum Gasteiger partial charge on any atom is -0.508 e. The molecule has 1 atom stereocenters. The van der Waals surface area contributed by atoms with Crippen molar-refractivity contribution in [3.05, 3.63) is 60.0 Å². The Morgan fingerprint density at radius 3 is 2.75 bits per heavy atom. The number of nitrogens with one attached hydrogen (secondary N) is 1. The Labute approximate surface area is 116 Å². The number of hydrogen-bond acceptors (Lipinski definition) is 4. The van der Waals surface area contributed by atoms with Gasteiger partial charge in [0.2, 0.25) is 0 Å². The number of aromatic nitrogens is 3. The van der Waals surface area contributed by atoms with Crippen LogP contribution >= 0.6 is 0 Å². The molecule has 0 aliphatic rings. The number of nitrogens with zero attached hydrogens (tertiary/aromatic N) is 3. The number of benzene rings is 1. The first-order valence-electron chi connectivity index (χ1n) is 6.55. The minimum absolute atomic E-state index is 0.173. The molecule has 0 saturated heterocycles. The normalized spacial score (nSPS) is 12.7. The molecule has 5 nitrogen and oxygen atoms in total. The topological polar surface area (TPSA) is 62.5 Å². The Hall–Kier alpha value is -2.40. The predicted octanol–water partition coefficient (Wildman–Crippen LogP) is 2.29. The number of phenols is 1. The second-order valence-electron chi connectivity index (χ2n) is 4.74. The van der Waals surface area contributed by atoms with Gasteiger partial charge >= 0.3 is 0 Å². The molecule has 0 radical (unpaired) electrons. The van der Waals surface area contributed by atoms with E-state index < -0.39 is 0 Å². The molecular formula is C15H16N4O. The lowest BCUT2D eigenvalue weighted by atomic mass is 10.1. The summed E-state index contributed by atoms with van der Waals surface area (Å²) in [7, 11) is 0. The van der Waals surface area contributed by atoms with Gasteiger partial charge in [-0.05, 0) is 36.8 Å². The molecule has 3 aromatic rings. The van der Waals surface area contributed by atoms with Gasteiger partial charge in [0.25, 0.3) is 0 Å². The summed E-state index contributed by atoms with van der Waals surface area (Å²) in [5.41, 5.74) is 1.97. The van der Waals surface area contributed by atoms with E-state index in [9.17, 15) is 5.11 Å². The molecule has 5 heteroatoms. The van der Waals surface area contributed by atoms with Crippen LogP contribution in [0.1, 0.15) is 24.4 Å². The van der Waals surface area contributed by atoms with Gasteiger partial charge in [0.15, 0.2) is 11.5 Å². The maximum atomic E-state index is 9.29. The fourth-order valence-electron chi connectivity index (χ4n) is 2.14. The highest BCUT2D eigenvalue weighted by Crippen LogP contribution is 2.16. The van der Waals surface area contributed by atoms with Crippen molar-refractivity contribution in [2.24, 2.45) is 0 Å². The van der Waals surface area contributed by atoms with E-state index in [1.54, 1.807) is 12.1 Å². The van der Waals surface area contributed by atoms with Gasteiger partial charge in [0.1, 0.15) is 5.75 Å². The maximum Gasteiger partial charge on any atom is 0.160 e. The average Bonchev–Trinajstić information content (AvgIpc) is 2.89. The lowest BCUT2D eigenvalue weighted by Gasteiger charge is -2.13. The number of rotatable bonds is 4. The third kappa shape index (κ3) is 2.48. The summed E-state index contributed by atoms with van der Waals surface area (Å²) in [6.07, 6.45) is 1.96. The number of aromatic hydroxyl groups is 1. The van der Waals surface area contributed by atoms with Gasteiger partial charge in [0, 0.05) is 12.2 Å². The summed E-state index contributed by atoms with van der Waals surface area (Å²) < 4.78 is 1.97. The molecule has 0 bridgehead atoms. The quantitative estimate of drug-likeness (QED) is 0.762. The number of phenolic OH excluding ortho intramolecular Hbond substituents is 1. The predicted molar refractivity (Wildman–Crippen MR) is 76.3 cm³/mol. The molecule has 1 unspecified atom stereocenters. The van der Waals surface area contributed by atoms with Gasteiger partial charge in [0.05, 0.1) is 6.54 Å². The molecule has 2 aromatic heterocycles. The standard InChI is InChI=1S/C15H16N4O/c1-11(12-5-7-13(20)8-6-12)16-10-15-18-17-14-4-2-3-9-19(14)15/h2-9,11,16,20H,10H2,1H3. The van der Waals surface area contributed by atoms with Crippen LogP contribution in [-0.4, -0.2) is 19.7 Å². The van der Waals surface area contributed by atoms with Crippen molar-refractivity contribution in [1.82, 2.24) is 19.9 Å². The second kappa shape index (κ2) is 5.30. The Morgan fingerprint density at radius 1 is 1.15 bits per heavy atom. The van der Waals surface area contributed by atoms with Gasteiger partial charge in [-0.25, -0.2) is 0 Å². The first kappa shape index (κ1) is 12.6. The molecule has 0 aliphatic heterocycles. The van der Waals surface area contributed by atoms with Crippen LogP contribution in [0.15, 0.2) is 48.7 Å². The van der Waals surface area contributed by atoms with E-state index in [1.165, 1.54) is 0 Å². The molecule has 1 aromatic carbocycles. The van der Waals surface area contributed by atoms with Crippen molar-refractivity contribution in [3.8, 4) is 5.75 Å². The smallest absolute Gasteiger partial charge is 0.160 e. The largest absolute Gasteiger partial charge is 0.508 e. The van der Waals surface area contributed by atoms with E-state index >= 15 is 0 Å². The lowest BCUT2D eigenvalue weighted by Crippen LogP contribution is -2.19. The summed E-state index contributed by atoms with van der Waals surface area (Å²) in [5.74, 6) is 1.16. The van der Waals surface area contributed by atoms with E-state index in [1.807, 2.05) is 40.9 Å². The van der Waals surface area contributed by atoms with Crippen molar-refractivity contribution in [1.29, 1.82) is 0 Å². The zero-order valence-electron chi connectivity index (χ0n) is 11.2. The minimum atomic E-state index is 0.173. The van der Waals surface area contributed by atoms with Gasteiger partial charge in [-0.2, -0.15) is 0 Å². The molecule has 0 spiro atoms. The number of fused-ring (bicyclic) bond motifs is 1. The van der Waals surface area contributed by atoms with E-state index in [0.717, 1.165) is 17.0 Å². The molecule has 0 amide bonds. The Balaban J connectivity index is 1.71. The molecule has 0 fully saturated rings. The first-order chi connectivity index (χ1) is 9.74. The molecule has 102 valence electrons. The Kier molecular flexibility index (Phi) is 3.35. The summed E-state index contributed by atoms with van der Waals surface area (Å²) in [4.78, 5) is 0. The summed E-state index contributed by atoms with van der Waals surface area (Å²) in [6, 6.07) is 13.2. The highest BCUT2D eigenvalue weighted by Gasteiger charge is 2.08. The molecular weight excluding hydrogens is 252 g/mol. The SMILES string of the molecule is CC(NCc1nnc2ccccn12)c1ccc(O)cc1. The molecule has 2 N–H and O–H groups in total. The monoisotopic (exact) mass is 268 g/mol. The number of pyridine rings is 1. The van der Waals surface area contributed by atoms with Crippen LogP contribution in [-0.2, 0) is 6.54 Å². The lowest BCUT2D eigenvalue weighted by molar-refractivity contribution is 0.474. The Bertz CT molecular complexity index is 705. The molecule has 2 heterocycles. The van der Waals surface area contributed by atoms with Crippen molar-refractivity contribution < 1.29 is 5.11 Å². The van der Waals surface area contributed by atoms with Crippen molar-refractivity contribution >= 4 is 5.65 Å².